The first-order valence-electron chi connectivity index (χ1n) is 9.84. The molecular weight excluding hydrogens is 372 g/mol. The number of phenolic OH excluding ortho intramolecular Hbond substituents is 1. The molecule has 0 saturated carbocycles. The Balaban J connectivity index is 1.63. The van der Waals surface area contributed by atoms with Crippen LogP contribution in [0, 0.1) is 0 Å². The van der Waals surface area contributed by atoms with Gasteiger partial charge in [0.05, 0.1) is 5.92 Å². The molecule has 30 heavy (non-hydrogen) atoms. The van der Waals surface area contributed by atoms with Gasteiger partial charge in [0.2, 0.25) is 5.91 Å². The summed E-state index contributed by atoms with van der Waals surface area (Å²) >= 11 is 0. The third kappa shape index (κ3) is 3.08. The molecule has 4 nitrogen and oxygen atoms in total. The van der Waals surface area contributed by atoms with E-state index in [-0.39, 0.29) is 11.7 Å². The van der Waals surface area contributed by atoms with Crippen LogP contribution in [0.1, 0.15) is 17.0 Å². The lowest BCUT2D eigenvalue weighted by molar-refractivity contribution is -0.116. The summed E-state index contributed by atoms with van der Waals surface area (Å²) in [5, 5.41) is 15.7. The summed E-state index contributed by atoms with van der Waals surface area (Å²) in [5.74, 6) is -0.742. The van der Waals surface area contributed by atoms with Gasteiger partial charge in [-0.15, -0.1) is 0 Å². The van der Waals surface area contributed by atoms with Crippen LogP contribution < -0.4 is 5.32 Å². The number of carbonyl (C=O) groups excluding carboxylic acids is 1. The minimum Gasteiger partial charge on any atom is -0.508 e. The Labute approximate surface area is 174 Å². The highest BCUT2D eigenvalue weighted by Crippen LogP contribution is 2.35. The van der Waals surface area contributed by atoms with E-state index in [0.29, 0.717) is 5.56 Å². The molecule has 0 unspecified atom stereocenters. The molecule has 146 valence electrons. The quantitative estimate of drug-likeness (QED) is 0.420. The highest BCUT2D eigenvalue weighted by molar-refractivity contribution is 6.06. The molecule has 0 aliphatic carbocycles. The summed E-state index contributed by atoms with van der Waals surface area (Å²) in [4.78, 5) is 13.6. The van der Waals surface area contributed by atoms with Crippen molar-refractivity contribution in [2.24, 2.45) is 0 Å². The van der Waals surface area contributed by atoms with Crippen LogP contribution in [0.4, 0.5) is 5.69 Å². The number of rotatable bonds is 4. The van der Waals surface area contributed by atoms with Crippen molar-refractivity contribution in [3.8, 4) is 5.75 Å². The summed E-state index contributed by atoms with van der Waals surface area (Å²) in [6, 6.07) is 28.6. The largest absolute Gasteiger partial charge is 0.508 e. The van der Waals surface area contributed by atoms with Gasteiger partial charge >= 0.3 is 0 Å². The molecule has 0 spiro atoms. The number of carbonyl (C=O) groups is 1. The van der Waals surface area contributed by atoms with Crippen LogP contribution in [0.3, 0.4) is 0 Å². The Morgan fingerprint density at radius 1 is 0.767 bits per heavy atom. The lowest BCUT2D eigenvalue weighted by atomic mass is 9.90. The van der Waals surface area contributed by atoms with Crippen LogP contribution in [-0.4, -0.2) is 15.4 Å². The average Bonchev–Trinajstić information content (AvgIpc) is 3.19. The number of nitrogens with zero attached hydrogens (tertiary/aromatic N) is 1. The minimum absolute atomic E-state index is 0.103. The van der Waals surface area contributed by atoms with Gasteiger partial charge in [-0.05, 0) is 41.3 Å². The van der Waals surface area contributed by atoms with Gasteiger partial charge < -0.3 is 14.8 Å². The first-order valence-corrected chi connectivity index (χ1v) is 9.84. The first-order chi connectivity index (χ1) is 14.7. The molecule has 1 atom stereocenters. The maximum atomic E-state index is 13.6. The first kappa shape index (κ1) is 18.0. The summed E-state index contributed by atoms with van der Waals surface area (Å²) < 4.78 is 1.98. The van der Waals surface area contributed by atoms with Gasteiger partial charge in [0.1, 0.15) is 5.75 Å². The molecule has 4 heteroatoms. The number of hydrogen-bond donors (Lipinski definition) is 2. The number of para-hydroxylation sites is 1. The van der Waals surface area contributed by atoms with E-state index in [0.717, 1.165) is 27.5 Å². The lowest BCUT2D eigenvalue weighted by Crippen LogP contribution is -2.22. The number of aromatic nitrogens is 1. The molecule has 0 aliphatic rings. The zero-order valence-electron chi connectivity index (χ0n) is 16.2. The molecule has 0 bridgehead atoms. The fourth-order valence-electron chi connectivity index (χ4n) is 4.04. The van der Waals surface area contributed by atoms with Crippen molar-refractivity contribution in [3.63, 3.8) is 0 Å². The number of fused-ring (bicyclic) bond motifs is 2. The molecule has 5 aromatic rings. The molecule has 3 aromatic carbocycles. The van der Waals surface area contributed by atoms with E-state index in [1.807, 2.05) is 89.6 Å². The van der Waals surface area contributed by atoms with Crippen molar-refractivity contribution in [1.82, 2.24) is 4.40 Å². The Morgan fingerprint density at radius 3 is 2.43 bits per heavy atom. The van der Waals surface area contributed by atoms with E-state index in [9.17, 15) is 9.90 Å². The average molecular weight is 392 g/mol. The highest BCUT2D eigenvalue weighted by Gasteiger charge is 2.28. The molecule has 2 N–H and O–H groups in total. The van der Waals surface area contributed by atoms with Crippen LogP contribution in [0.5, 0.6) is 5.75 Å². The normalized spacial score (nSPS) is 12.1. The molecule has 2 aromatic heterocycles. The number of hydrogen-bond acceptors (Lipinski definition) is 2. The second kappa shape index (κ2) is 7.41. The number of nitrogens with one attached hydrogen (secondary N) is 1. The van der Waals surface area contributed by atoms with Crippen molar-refractivity contribution in [2.45, 2.75) is 5.92 Å². The molecule has 0 fully saturated rings. The fraction of sp³-hybridized carbons (Fsp3) is 0.0385. The molecule has 0 saturated heterocycles. The second-order valence-electron chi connectivity index (χ2n) is 7.27. The molecule has 0 radical (unpaired) electrons. The predicted molar refractivity (Wildman–Crippen MR) is 120 cm³/mol. The zero-order valence-corrected chi connectivity index (χ0v) is 16.2. The Hall–Kier alpha value is -4.05. The van der Waals surface area contributed by atoms with Crippen molar-refractivity contribution in [2.75, 3.05) is 5.32 Å². The number of pyridine rings is 1. The SMILES string of the molecule is O=C(Nc1cccc2ccccc12)[C@H](c1ccccc1O)c1ccn2ccccc12. The smallest absolute Gasteiger partial charge is 0.236 e. The van der Waals surface area contributed by atoms with Gasteiger partial charge in [0.15, 0.2) is 0 Å². The van der Waals surface area contributed by atoms with Crippen LogP contribution in [0.2, 0.25) is 0 Å². The zero-order chi connectivity index (χ0) is 20.5. The summed E-state index contributed by atoms with van der Waals surface area (Å²) in [6.45, 7) is 0. The van der Waals surface area contributed by atoms with E-state index < -0.39 is 5.92 Å². The van der Waals surface area contributed by atoms with Crippen molar-refractivity contribution >= 4 is 27.9 Å². The number of aromatic hydroxyl groups is 1. The molecular formula is C26H20N2O2. The Morgan fingerprint density at radius 2 is 1.53 bits per heavy atom. The maximum absolute atomic E-state index is 13.6. The summed E-state index contributed by atoms with van der Waals surface area (Å²) in [7, 11) is 0. The van der Waals surface area contributed by atoms with Gasteiger partial charge in [-0.25, -0.2) is 0 Å². The van der Waals surface area contributed by atoms with Crippen LogP contribution in [-0.2, 0) is 4.79 Å². The lowest BCUT2D eigenvalue weighted by Gasteiger charge is -2.19. The third-order valence-corrected chi connectivity index (χ3v) is 5.47. The van der Waals surface area contributed by atoms with Gasteiger partial charge in [-0.3, -0.25) is 4.79 Å². The van der Waals surface area contributed by atoms with E-state index in [2.05, 4.69) is 5.32 Å². The van der Waals surface area contributed by atoms with Crippen LogP contribution >= 0.6 is 0 Å². The molecule has 1 amide bonds. The number of amides is 1. The van der Waals surface area contributed by atoms with E-state index in [1.165, 1.54) is 0 Å². The summed E-state index contributed by atoms with van der Waals surface area (Å²) in [5.41, 5.74) is 3.10. The molecule has 0 aliphatic heterocycles. The molecule has 2 heterocycles. The Bertz CT molecular complexity index is 1360. The van der Waals surface area contributed by atoms with Crippen molar-refractivity contribution in [3.05, 3.63) is 115 Å². The topological polar surface area (TPSA) is 53.7 Å². The maximum Gasteiger partial charge on any atom is 0.236 e. The standard InChI is InChI=1S/C26H20N2O2/c29-24-14-4-3-11-21(24)25(20-15-17-28-16-6-5-13-23(20)28)26(30)27-22-12-7-9-18-8-1-2-10-19(18)22/h1-17,25,29H,(H,27,30)/t25-/m0/s1. The van der Waals surface area contributed by atoms with E-state index >= 15 is 0 Å². The Kier molecular flexibility index (Phi) is 4.45. The minimum atomic E-state index is -0.655. The van der Waals surface area contributed by atoms with E-state index in [4.69, 9.17) is 0 Å². The number of anilines is 1. The highest BCUT2D eigenvalue weighted by atomic mass is 16.3. The number of phenols is 1. The van der Waals surface area contributed by atoms with E-state index in [1.54, 1.807) is 18.2 Å². The van der Waals surface area contributed by atoms with Gasteiger partial charge in [0.25, 0.3) is 0 Å². The second-order valence-corrected chi connectivity index (χ2v) is 7.27. The molecule has 5 rings (SSSR count). The number of benzene rings is 3. The van der Waals surface area contributed by atoms with Crippen LogP contribution in [0.25, 0.3) is 16.3 Å². The van der Waals surface area contributed by atoms with Crippen molar-refractivity contribution < 1.29 is 9.90 Å². The van der Waals surface area contributed by atoms with Crippen LogP contribution in [0.15, 0.2) is 103 Å². The van der Waals surface area contributed by atoms with Gasteiger partial charge in [-0.2, -0.15) is 0 Å². The fourth-order valence-corrected chi connectivity index (χ4v) is 4.04. The van der Waals surface area contributed by atoms with Gasteiger partial charge in [0, 0.05) is 34.5 Å². The van der Waals surface area contributed by atoms with Gasteiger partial charge in [-0.1, -0.05) is 60.7 Å². The summed E-state index contributed by atoms with van der Waals surface area (Å²) in [6.07, 6.45) is 3.88. The predicted octanol–water partition coefficient (Wildman–Crippen LogP) is 5.57. The third-order valence-electron chi connectivity index (χ3n) is 5.47. The van der Waals surface area contributed by atoms with Crippen molar-refractivity contribution in [1.29, 1.82) is 0 Å². The monoisotopic (exact) mass is 392 g/mol.